The highest BCUT2D eigenvalue weighted by Crippen LogP contribution is 2.30. The molecule has 134 valence electrons. The van der Waals surface area contributed by atoms with Crippen molar-refractivity contribution in [2.45, 2.75) is 37.8 Å². The van der Waals surface area contributed by atoms with Gasteiger partial charge in [0.1, 0.15) is 11.6 Å². The van der Waals surface area contributed by atoms with Crippen LogP contribution in [0.2, 0.25) is 0 Å². The van der Waals surface area contributed by atoms with E-state index in [1.165, 1.54) is 12.1 Å². The van der Waals surface area contributed by atoms with Crippen molar-refractivity contribution in [1.82, 2.24) is 15.1 Å². The highest BCUT2D eigenvalue weighted by Gasteiger charge is 2.32. The van der Waals surface area contributed by atoms with Crippen LogP contribution in [0.15, 0.2) is 28.7 Å². The smallest absolute Gasteiger partial charge is 0.253 e. The maximum atomic E-state index is 12.9. The van der Waals surface area contributed by atoms with E-state index < -0.39 is 0 Å². The zero-order valence-electron chi connectivity index (χ0n) is 14.1. The van der Waals surface area contributed by atoms with E-state index in [4.69, 9.17) is 13.9 Å². The molecule has 0 N–H and O–H groups in total. The Morgan fingerprint density at radius 1 is 1.12 bits per heavy atom. The van der Waals surface area contributed by atoms with Crippen LogP contribution in [0.1, 0.15) is 37.0 Å². The third kappa shape index (κ3) is 3.99. The zero-order valence-corrected chi connectivity index (χ0v) is 14.1. The minimum atomic E-state index is -0.289. The van der Waals surface area contributed by atoms with E-state index >= 15 is 0 Å². The van der Waals surface area contributed by atoms with E-state index in [-0.39, 0.29) is 18.3 Å². The van der Waals surface area contributed by atoms with Crippen LogP contribution in [0.3, 0.4) is 0 Å². The fourth-order valence-corrected chi connectivity index (χ4v) is 3.54. The fraction of sp³-hybridized carbons (Fsp3) is 0.556. The lowest BCUT2D eigenvalue weighted by atomic mass is 10.1. The van der Waals surface area contributed by atoms with Crippen LogP contribution in [0.5, 0.6) is 5.75 Å². The fourth-order valence-electron chi connectivity index (χ4n) is 3.54. The SMILES string of the molecule is Fc1ccc(OCc2nnc([C@H]3CCN(C4CCOCC4)C3)o2)cc1. The summed E-state index contributed by atoms with van der Waals surface area (Å²) in [6.45, 7) is 3.94. The number of hydrogen-bond donors (Lipinski definition) is 0. The van der Waals surface area contributed by atoms with Gasteiger partial charge in [-0.15, -0.1) is 10.2 Å². The van der Waals surface area contributed by atoms with Crippen molar-refractivity contribution in [2.75, 3.05) is 26.3 Å². The summed E-state index contributed by atoms with van der Waals surface area (Å²) in [6.07, 6.45) is 3.25. The lowest BCUT2D eigenvalue weighted by molar-refractivity contribution is 0.0417. The van der Waals surface area contributed by atoms with Gasteiger partial charge in [-0.2, -0.15) is 0 Å². The Morgan fingerprint density at radius 3 is 2.72 bits per heavy atom. The second-order valence-corrected chi connectivity index (χ2v) is 6.60. The molecule has 2 aromatic rings. The first-order chi connectivity index (χ1) is 12.3. The van der Waals surface area contributed by atoms with Gasteiger partial charge in [-0.1, -0.05) is 0 Å². The van der Waals surface area contributed by atoms with Crippen LogP contribution in [0.4, 0.5) is 4.39 Å². The van der Waals surface area contributed by atoms with Gasteiger partial charge in [0.2, 0.25) is 5.89 Å². The van der Waals surface area contributed by atoms with Gasteiger partial charge in [0.25, 0.3) is 5.89 Å². The number of halogens is 1. The van der Waals surface area contributed by atoms with E-state index in [1.807, 2.05) is 0 Å². The normalized spacial score (nSPS) is 22.4. The van der Waals surface area contributed by atoms with Crippen LogP contribution < -0.4 is 4.74 Å². The molecule has 1 aromatic heterocycles. The molecule has 6 nitrogen and oxygen atoms in total. The van der Waals surface area contributed by atoms with E-state index in [9.17, 15) is 4.39 Å². The van der Waals surface area contributed by atoms with Gasteiger partial charge in [-0.25, -0.2) is 4.39 Å². The van der Waals surface area contributed by atoms with Gasteiger partial charge < -0.3 is 13.9 Å². The molecule has 0 aliphatic carbocycles. The molecule has 0 spiro atoms. The highest BCUT2D eigenvalue weighted by molar-refractivity contribution is 5.22. The van der Waals surface area contributed by atoms with Crippen molar-refractivity contribution in [1.29, 1.82) is 0 Å². The first kappa shape index (κ1) is 16.5. The number of aromatic nitrogens is 2. The summed E-state index contributed by atoms with van der Waals surface area (Å²) in [6, 6.07) is 6.49. The average Bonchev–Trinajstić information content (AvgIpc) is 3.31. The predicted octanol–water partition coefficient (Wildman–Crippen LogP) is 2.76. The monoisotopic (exact) mass is 347 g/mol. The van der Waals surface area contributed by atoms with Crippen molar-refractivity contribution < 1.29 is 18.3 Å². The minimum absolute atomic E-state index is 0.190. The Bertz CT molecular complexity index is 685. The predicted molar refractivity (Wildman–Crippen MR) is 87.8 cm³/mol. The summed E-state index contributed by atoms with van der Waals surface area (Å²) in [5.74, 6) is 1.71. The summed E-state index contributed by atoms with van der Waals surface area (Å²) in [5.41, 5.74) is 0. The van der Waals surface area contributed by atoms with Crippen molar-refractivity contribution >= 4 is 0 Å². The van der Waals surface area contributed by atoms with Crippen molar-refractivity contribution in [2.24, 2.45) is 0 Å². The molecular formula is C18H22FN3O3. The standard InChI is InChI=1S/C18H22FN3O3/c19-14-1-3-16(4-2-14)24-12-17-20-21-18(25-17)13-5-8-22(11-13)15-6-9-23-10-7-15/h1-4,13,15H,5-12H2/t13-/m0/s1. The maximum Gasteiger partial charge on any atom is 0.253 e. The maximum absolute atomic E-state index is 12.9. The lowest BCUT2D eigenvalue weighted by Gasteiger charge is -2.30. The molecule has 2 saturated heterocycles. The van der Waals surface area contributed by atoms with E-state index in [1.54, 1.807) is 12.1 Å². The molecule has 2 aliphatic rings. The number of likely N-dealkylation sites (tertiary alicyclic amines) is 1. The van der Waals surface area contributed by atoms with E-state index in [2.05, 4.69) is 15.1 Å². The molecule has 25 heavy (non-hydrogen) atoms. The minimum Gasteiger partial charge on any atom is -0.484 e. The number of ether oxygens (including phenoxy) is 2. The Balaban J connectivity index is 1.31. The third-order valence-electron chi connectivity index (χ3n) is 4.93. The topological polar surface area (TPSA) is 60.6 Å². The summed E-state index contributed by atoms with van der Waals surface area (Å²) in [5, 5.41) is 8.27. The largest absolute Gasteiger partial charge is 0.484 e. The molecule has 2 aliphatic heterocycles. The molecule has 0 amide bonds. The highest BCUT2D eigenvalue weighted by atomic mass is 19.1. The molecule has 0 bridgehead atoms. The number of rotatable bonds is 5. The number of hydrogen-bond acceptors (Lipinski definition) is 6. The summed E-state index contributed by atoms with van der Waals surface area (Å²) in [7, 11) is 0. The van der Waals surface area contributed by atoms with E-state index in [0.717, 1.165) is 45.6 Å². The third-order valence-corrected chi connectivity index (χ3v) is 4.93. The summed E-state index contributed by atoms with van der Waals surface area (Å²) < 4.78 is 29.7. The summed E-state index contributed by atoms with van der Waals surface area (Å²) in [4.78, 5) is 2.52. The molecule has 7 heteroatoms. The first-order valence-electron chi connectivity index (χ1n) is 8.80. The Labute approximate surface area is 145 Å². The molecule has 2 fully saturated rings. The number of nitrogens with zero attached hydrogens (tertiary/aromatic N) is 3. The van der Waals surface area contributed by atoms with E-state index in [0.29, 0.717) is 23.6 Å². The molecule has 1 atom stereocenters. The molecule has 3 heterocycles. The van der Waals surface area contributed by atoms with Gasteiger partial charge >= 0.3 is 0 Å². The second kappa shape index (κ2) is 7.49. The summed E-state index contributed by atoms with van der Waals surface area (Å²) >= 11 is 0. The number of benzene rings is 1. The molecule has 0 radical (unpaired) electrons. The molecular weight excluding hydrogens is 325 g/mol. The Hall–Kier alpha value is -1.99. The van der Waals surface area contributed by atoms with Crippen LogP contribution >= 0.6 is 0 Å². The van der Waals surface area contributed by atoms with Crippen LogP contribution in [-0.4, -0.2) is 47.4 Å². The molecule has 1 aromatic carbocycles. The van der Waals surface area contributed by atoms with Crippen LogP contribution in [0.25, 0.3) is 0 Å². The van der Waals surface area contributed by atoms with Crippen LogP contribution in [0, 0.1) is 5.82 Å². The Kier molecular flexibility index (Phi) is 4.94. The first-order valence-corrected chi connectivity index (χ1v) is 8.80. The second-order valence-electron chi connectivity index (χ2n) is 6.60. The Morgan fingerprint density at radius 2 is 1.92 bits per heavy atom. The van der Waals surface area contributed by atoms with Crippen molar-refractivity contribution in [3.05, 3.63) is 41.9 Å². The zero-order chi connectivity index (χ0) is 17.1. The van der Waals surface area contributed by atoms with Gasteiger partial charge in [0, 0.05) is 25.8 Å². The van der Waals surface area contributed by atoms with Crippen molar-refractivity contribution in [3.8, 4) is 5.75 Å². The van der Waals surface area contributed by atoms with Gasteiger partial charge in [0.15, 0.2) is 6.61 Å². The van der Waals surface area contributed by atoms with Gasteiger partial charge in [-0.05, 0) is 50.1 Å². The average molecular weight is 347 g/mol. The van der Waals surface area contributed by atoms with Crippen molar-refractivity contribution in [3.63, 3.8) is 0 Å². The lowest BCUT2D eigenvalue weighted by Crippen LogP contribution is -2.37. The quantitative estimate of drug-likeness (QED) is 0.829. The molecule has 0 unspecified atom stereocenters. The van der Waals surface area contributed by atoms with Gasteiger partial charge in [-0.3, -0.25) is 4.90 Å². The molecule has 4 rings (SSSR count). The van der Waals surface area contributed by atoms with Gasteiger partial charge in [0.05, 0.1) is 5.92 Å². The van der Waals surface area contributed by atoms with Crippen LogP contribution in [-0.2, 0) is 11.3 Å². The molecule has 0 saturated carbocycles.